The topological polar surface area (TPSA) is 88.2 Å². The zero-order valence-corrected chi connectivity index (χ0v) is 12.8. The number of likely N-dealkylation sites (tertiary alicyclic amines) is 1. The fourth-order valence-electron chi connectivity index (χ4n) is 2.35. The van der Waals surface area contributed by atoms with Crippen molar-refractivity contribution in [2.45, 2.75) is 39.5 Å². The summed E-state index contributed by atoms with van der Waals surface area (Å²) >= 11 is 0. The zero-order valence-electron chi connectivity index (χ0n) is 12.8. The van der Waals surface area contributed by atoms with Gasteiger partial charge >= 0.3 is 5.97 Å². The maximum absolute atomic E-state index is 12.3. The summed E-state index contributed by atoms with van der Waals surface area (Å²) in [7, 11) is 0. The number of carbonyl (C=O) groups is 2. The van der Waals surface area contributed by atoms with Crippen molar-refractivity contribution in [1.29, 1.82) is 0 Å². The number of nitrogens with zero attached hydrogens (tertiary/aromatic N) is 3. The highest BCUT2D eigenvalue weighted by molar-refractivity contribution is 5.90. The maximum atomic E-state index is 12.3. The van der Waals surface area contributed by atoms with Gasteiger partial charge in [-0.15, -0.1) is 5.10 Å². The highest BCUT2D eigenvalue weighted by Gasteiger charge is 2.30. The van der Waals surface area contributed by atoms with Crippen molar-refractivity contribution >= 4 is 11.9 Å². The summed E-state index contributed by atoms with van der Waals surface area (Å²) in [6, 6.07) is 0. The number of esters is 1. The molecule has 0 bridgehead atoms. The van der Waals surface area contributed by atoms with Crippen molar-refractivity contribution in [2.24, 2.45) is 5.92 Å². The summed E-state index contributed by atoms with van der Waals surface area (Å²) in [5.41, 5.74) is 0. The lowest BCUT2D eigenvalue weighted by Gasteiger charge is -2.30. The molecule has 116 valence electrons. The Bertz CT molecular complexity index is 504. The molecule has 0 atom stereocenters. The molecule has 7 heteroatoms. The average Bonchev–Trinajstić information content (AvgIpc) is 2.97. The molecule has 0 unspecified atom stereocenters. The SMILES string of the molecule is CCOC(=O)C1CCN(C(=O)c2n[nH]c(C(C)C)n2)CC1. The molecule has 2 rings (SSSR count). The largest absolute Gasteiger partial charge is 0.466 e. The number of hydrogen-bond donors (Lipinski definition) is 1. The first-order valence-corrected chi connectivity index (χ1v) is 7.41. The van der Waals surface area contributed by atoms with Gasteiger partial charge in [0.1, 0.15) is 5.82 Å². The Morgan fingerprint density at radius 3 is 2.57 bits per heavy atom. The van der Waals surface area contributed by atoms with Crippen LogP contribution in [0.4, 0.5) is 0 Å². The molecule has 1 saturated heterocycles. The van der Waals surface area contributed by atoms with Crippen LogP contribution < -0.4 is 0 Å². The molecule has 0 aromatic carbocycles. The third-order valence-electron chi connectivity index (χ3n) is 3.64. The Morgan fingerprint density at radius 2 is 2.05 bits per heavy atom. The van der Waals surface area contributed by atoms with Gasteiger partial charge < -0.3 is 9.64 Å². The van der Waals surface area contributed by atoms with E-state index in [-0.39, 0.29) is 29.5 Å². The molecule has 1 aromatic heterocycles. The second kappa shape index (κ2) is 6.69. The lowest BCUT2D eigenvalue weighted by atomic mass is 9.97. The molecule has 1 fully saturated rings. The van der Waals surface area contributed by atoms with Crippen molar-refractivity contribution in [3.63, 3.8) is 0 Å². The lowest BCUT2D eigenvalue weighted by Crippen LogP contribution is -2.41. The van der Waals surface area contributed by atoms with Gasteiger partial charge in [-0.3, -0.25) is 14.7 Å². The van der Waals surface area contributed by atoms with Crippen LogP contribution in [0.25, 0.3) is 0 Å². The predicted octanol–water partition coefficient (Wildman–Crippen LogP) is 1.34. The number of nitrogens with one attached hydrogen (secondary N) is 1. The third kappa shape index (κ3) is 3.59. The molecule has 0 radical (unpaired) electrons. The monoisotopic (exact) mass is 294 g/mol. The Labute approximate surface area is 124 Å². The lowest BCUT2D eigenvalue weighted by molar-refractivity contribution is -0.149. The van der Waals surface area contributed by atoms with Crippen molar-refractivity contribution in [3.8, 4) is 0 Å². The first-order valence-electron chi connectivity index (χ1n) is 7.41. The van der Waals surface area contributed by atoms with Crippen LogP contribution in [0.3, 0.4) is 0 Å². The molecule has 7 nitrogen and oxygen atoms in total. The molecule has 0 spiro atoms. The van der Waals surface area contributed by atoms with Crippen molar-refractivity contribution < 1.29 is 14.3 Å². The minimum absolute atomic E-state index is 0.104. The summed E-state index contributed by atoms with van der Waals surface area (Å²) in [6.07, 6.45) is 1.26. The number of rotatable bonds is 4. The Balaban J connectivity index is 1.92. The number of carbonyl (C=O) groups excluding carboxylic acids is 2. The van der Waals surface area contributed by atoms with E-state index in [0.717, 1.165) is 0 Å². The smallest absolute Gasteiger partial charge is 0.309 e. The standard InChI is InChI=1S/C14H22N4O3/c1-4-21-14(20)10-5-7-18(8-6-10)13(19)12-15-11(9(2)3)16-17-12/h9-10H,4-8H2,1-3H3,(H,15,16,17). The molecular weight excluding hydrogens is 272 g/mol. The van der Waals surface area contributed by atoms with Crippen LogP contribution >= 0.6 is 0 Å². The molecule has 1 aliphatic heterocycles. The van der Waals surface area contributed by atoms with E-state index in [1.807, 2.05) is 13.8 Å². The van der Waals surface area contributed by atoms with Crippen LogP contribution in [-0.2, 0) is 9.53 Å². The first kappa shape index (κ1) is 15.5. The van der Waals surface area contributed by atoms with Gasteiger partial charge in [0.05, 0.1) is 12.5 Å². The van der Waals surface area contributed by atoms with Crippen molar-refractivity contribution in [3.05, 3.63) is 11.6 Å². The van der Waals surface area contributed by atoms with Crippen LogP contribution in [0.15, 0.2) is 0 Å². The number of aromatic nitrogens is 3. The van der Waals surface area contributed by atoms with Crippen LogP contribution in [0.5, 0.6) is 0 Å². The van der Waals surface area contributed by atoms with Gasteiger partial charge in [-0.1, -0.05) is 13.8 Å². The summed E-state index contributed by atoms with van der Waals surface area (Å²) in [5.74, 6) is 0.666. The van der Waals surface area contributed by atoms with Crippen LogP contribution in [-0.4, -0.2) is 51.7 Å². The minimum atomic E-state index is -0.180. The Kier molecular flexibility index (Phi) is 4.93. The number of ether oxygens (including phenoxy) is 1. The van der Waals surface area contributed by atoms with E-state index in [4.69, 9.17) is 4.74 Å². The Morgan fingerprint density at radius 1 is 1.38 bits per heavy atom. The van der Waals surface area contributed by atoms with Crippen LogP contribution in [0, 0.1) is 5.92 Å². The van der Waals surface area contributed by atoms with E-state index in [1.54, 1.807) is 11.8 Å². The summed E-state index contributed by atoms with van der Waals surface area (Å²) in [4.78, 5) is 29.9. The number of amides is 1. The normalized spacial score (nSPS) is 16.3. The molecule has 21 heavy (non-hydrogen) atoms. The zero-order chi connectivity index (χ0) is 15.4. The summed E-state index contributed by atoms with van der Waals surface area (Å²) in [6.45, 7) is 7.24. The number of hydrogen-bond acceptors (Lipinski definition) is 5. The number of aromatic amines is 1. The van der Waals surface area contributed by atoms with Gasteiger partial charge in [-0.05, 0) is 19.8 Å². The molecular formula is C14H22N4O3. The van der Waals surface area contributed by atoms with Crippen molar-refractivity contribution in [2.75, 3.05) is 19.7 Å². The van der Waals surface area contributed by atoms with E-state index in [1.165, 1.54) is 0 Å². The number of H-pyrrole nitrogens is 1. The predicted molar refractivity (Wildman–Crippen MR) is 75.7 cm³/mol. The fraction of sp³-hybridized carbons (Fsp3) is 0.714. The molecule has 0 aliphatic carbocycles. The van der Waals surface area contributed by atoms with E-state index in [2.05, 4.69) is 15.2 Å². The second-order valence-electron chi connectivity index (χ2n) is 5.52. The molecule has 0 saturated carbocycles. The van der Waals surface area contributed by atoms with Crippen LogP contribution in [0.1, 0.15) is 56.0 Å². The maximum Gasteiger partial charge on any atom is 0.309 e. The van der Waals surface area contributed by atoms with E-state index >= 15 is 0 Å². The Hall–Kier alpha value is -1.92. The molecule has 1 N–H and O–H groups in total. The third-order valence-corrected chi connectivity index (χ3v) is 3.64. The quantitative estimate of drug-likeness (QED) is 0.847. The van der Waals surface area contributed by atoms with Gasteiger partial charge in [0.15, 0.2) is 0 Å². The first-order chi connectivity index (χ1) is 10.0. The van der Waals surface area contributed by atoms with E-state index in [0.29, 0.717) is 38.4 Å². The minimum Gasteiger partial charge on any atom is -0.466 e. The van der Waals surface area contributed by atoms with Gasteiger partial charge in [-0.2, -0.15) is 0 Å². The molecule has 1 aliphatic rings. The summed E-state index contributed by atoms with van der Waals surface area (Å²) in [5, 5.41) is 6.76. The van der Waals surface area contributed by atoms with Gasteiger partial charge in [0, 0.05) is 19.0 Å². The van der Waals surface area contributed by atoms with Crippen LogP contribution in [0.2, 0.25) is 0 Å². The summed E-state index contributed by atoms with van der Waals surface area (Å²) < 4.78 is 5.02. The molecule has 1 amide bonds. The van der Waals surface area contributed by atoms with Gasteiger partial charge in [0.2, 0.25) is 5.82 Å². The van der Waals surface area contributed by atoms with Gasteiger partial charge in [0.25, 0.3) is 5.91 Å². The highest BCUT2D eigenvalue weighted by atomic mass is 16.5. The highest BCUT2D eigenvalue weighted by Crippen LogP contribution is 2.20. The fourth-order valence-corrected chi connectivity index (χ4v) is 2.35. The van der Waals surface area contributed by atoms with Crippen molar-refractivity contribution in [1.82, 2.24) is 20.1 Å². The van der Waals surface area contributed by atoms with E-state index in [9.17, 15) is 9.59 Å². The molecule has 2 heterocycles. The second-order valence-corrected chi connectivity index (χ2v) is 5.52. The van der Waals surface area contributed by atoms with Gasteiger partial charge in [-0.25, -0.2) is 4.98 Å². The van der Waals surface area contributed by atoms with E-state index < -0.39 is 0 Å². The average molecular weight is 294 g/mol. The molecule has 1 aromatic rings. The number of piperidine rings is 1.